The Bertz CT molecular complexity index is 498. The average Bonchev–Trinajstić information content (AvgIpc) is 2.37. The van der Waals surface area contributed by atoms with E-state index in [1.807, 2.05) is 0 Å². The SMILES string of the molecule is COC(=O)Cc1nc(CN)c(C#N)cc1C(F)F. The van der Waals surface area contributed by atoms with Crippen molar-refractivity contribution in [3.63, 3.8) is 0 Å². The van der Waals surface area contributed by atoms with Crippen molar-refractivity contribution in [1.29, 1.82) is 5.26 Å². The van der Waals surface area contributed by atoms with E-state index >= 15 is 0 Å². The van der Waals surface area contributed by atoms with E-state index in [4.69, 9.17) is 11.0 Å². The number of rotatable bonds is 4. The van der Waals surface area contributed by atoms with Gasteiger partial charge in [-0.05, 0) is 6.07 Å². The maximum Gasteiger partial charge on any atom is 0.311 e. The zero-order chi connectivity index (χ0) is 13.7. The highest BCUT2D eigenvalue weighted by molar-refractivity contribution is 5.72. The van der Waals surface area contributed by atoms with Crippen LogP contribution in [0, 0.1) is 11.3 Å². The summed E-state index contributed by atoms with van der Waals surface area (Å²) in [6.07, 6.45) is -3.20. The number of hydrogen-bond acceptors (Lipinski definition) is 5. The zero-order valence-electron chi connectivity index (χ0n) is 9.61. The van der Waals surface area contributed by atoms with Crippen molar-refractivity contribution in [3.05, 3.63) is 28.6 Å². The van der Waals surface area contributed by atoms with Gasteiger partial charge < -0.3 is 10.5 Å². The van der Waals surface area contributed by atoms with Crippen LogP contribution in [0.2, 0.25) is 0 Å². The lowest BCUT2D eigenvalue weighted by Gasteiger charge is -2.10. The van der Waals surface area contributed by atoms with E-state index in [0.29, 0.717) is 0 Å². The highest BCUT2D eigenvalue weighted by atomic mass is 19.3. The molecule has 0 aliphatic carbocycles. The topological polar surface area (TPSA) is 89.0 Å². The molecule has 1 heterocycles. The van der Waals surface area contributed by atoms with Crippen LogP contribution in [0.4, 0.5) is 8.78 Å². The van der Waals surface area contributed by atoms with Crippen LogP contribution in [0.15, 0.2) is 6.07 Å². The first kappa shape index (κ1) is 14.0. The largest absolute Gasteiger partial charge is 0.469 e. The van der Waals surface area contributed by atoms with Crippen molar-refractivity contribution >= 4 is 5.97 Å². The minimum absolute atomic E-state index is 0.0126. The summed E-state index contributed by atoms with van der Waals surface area (Å²) in [5, 5.41) is 8.79. The van der Waals surface area contributed by atoms with Crippen LogP contribution in [0.5, 0.6) is 0 Å². The first-order valence-corrected chi connectivity index (χ1v) is 5.01. The van der Waals surface area contributed by atoms with E-state index in [2.05, 4.69) is 9.72 Å². The average molecular weight is 255 g/mol. The van der Waals surface area contributed by atoms with E-state index in [0.717, 1.165) is 13.2 Å². The first-order chi connectivity index (χ1) is 8.53. The molecule has 0 saturated heterocycles. The van der Waals surface area contributed by atoms with Gasteiger partial charge in [0.05, 0.1) is 30.5 Å². The molecule has 5 nitrogen and oxygen atoms in total. The number of ether oxygens (including phenoxy) is 1. The minimum atomic E-state index is -2.82. The number of hydrogen-bond donors (Lipinski definition) is 1. The number of alkyl halides is 2. The summed E-state index contributed by atoms with van der Waals surface area (Å²) in [6, 6.07) is 2.76. The molecule has 0 unspecified atom stereocenters. The lowest BCUT2D eigenvalue weighted by atomic mass is 10.1. The number of halogens is 2. The second-order valence-corrected chi connectivity index (χ2v) is 3.39. The van der Waals surface area contributed by atoms with Gasteiger partial charge in [-0.2, -0.15) is 5.26 Å². The van der Waals surface area contributed by atoms with E-state index in [-0.39, 0.29) is 29.9 Å². The molecule has 0 amide bonds. The molecule has 0 aromatic carbocycles. The number of nitriles is 1. The Kier molecular flexibility index (Phi) is 4.68. The molecule has 0 bridgehead atoms. The normalized spacial score (nSPS) is 10.2. The van der Waals surface area contributed by atoms with Gasteiger partial charge >= 0.3 is 5.97 Å². The van der Waals surface area contributed by atoms with Crippen LogP contribution in [0.1, 0.15) is 28.9 Å². The lowest BCUT2D eigenvalue weighted by Crippen LogP contribution is -2.13. The Balaban J connectivity index is 3.30. The Morgan fingerprint density at radius 2 is 2.28 bits per heavy atom. The molecular formula is C11H11F2N3O2. The highest BCUT2D eigenvalue weighted by Gasteiger charge is 2.20. The van der Waals surface area contributed by atoms with Gasteiger partial charge in [-0.3, -0.25) is 9.78 Å². The molecule has 1 aromatic heterocycles. The summed E-state index contributed by atoms with van der Waals surface area (Å²) >= 11 is 0. The molecule has 1 aromatic rings. The number of pyridine rings is 1. The van der Waals surface area contributed by atoms with Gasteiger partial charge in [0.1, 0.15) is 6.07 Å². The Morgan fingerprint density at radius 3 is 2.72 bits per heavy atom. The second kappa shape index (κ2) is 6.02. The summed E-state index contributed by atoms with van der Waals surface area (Å²) in [6.45, 7) is -0.0689. The van der Waals surface area contributed by atoms with Crippen LogP contribution in [-0.4, -0.2) is 18.1 Å². The van der Waals surface area contributed by atoms with Gasteiger partial charge in [0.25, 0.3) is 6.43 Å². The summed E-state index contributed by atoms with van der Waals surface area (Å²) in [7, 11) is 1.15. The first-order valence-electron chi connectivity index (χ1n) is 5.01. The number of methoxy groups -OCH3 is 1. The van der Waals surface area contributed by atoms with Gasteiger partial charge in [0, 0.05) is 12.1 Å². The molecule has 7 heteroatoms. The van der Waals surface area contributed by atoms with Crippen LogP contribution in [0.3, 0.4) is 0 Å². The molecule has 0 saturated carbocycles. The summed E-state index contributed by atoms with van der Waals surface area (Å²) in [5.41, 5.74) is 4.97. The molecular weight excluding hydrogens is 244 g/mol. The van der Waals surface area contributed by atoms with Crippen LogP contribution >= 0.6 is 0 Å². The van der Waals surface area contributed by atoms with Crippen molar-refractivity contribution in [1.82, 2.24) is 4.98 Å². The number of carbonyl (C=O) groups is 1. The van der Waals surface area contributed by atoms with Gasteiger partial charge in [-0.15, -0.1) is 0 Å². The highest BCUT2D eigenvalue weighted by Crippen LogP contribution is 2.24. The van der Waals surface area contributed by atoms with E-state index in [1.54, 1.807) is 6.07 Å². The third kappa shape index (κ3) is 2.99. The number of esters is 1. The van der Waals surface area contributed by atoms with Crippen molar-refractivity contribution in [2.24, 2.45) is 5.73 Å². The number of nitrogens with zero attached hydrogens (tertiary/aromatic N) is 2. The van der Waals surface area contributed by atoms with Gasteiger partial charge in [0.15, 0.2) is 0 Å². The van der Waals surface area contributed by atoms with Crippen molar-refractivity contribution in [3.8, 4) is 6.07 Å². The zero-order valence-corrected chi connectivity index (χ0v) is 9.61. The predicted molar refractivity (Wildman–Crippen MR) is 57.5 cm³/mol. The molecule has 18 heavy (non-hydrogen) atoms. The van der Waals surface area contributed by atoms with Crippen LogP contribution in [-0.2, 0) is 22.5 Å². The molecule has 0 atom stereocenters. The van der Waals surface area contributed by atoms with Crippen LogP contribution < -0.4 is 5.73 Å². The maximum absolute atomic E-state index is 12.8. The lowest BCUT2D eigenvalue weighted by molar-refractivity contribution is -0.139. The van der Waals surface area contributed by atoms with E-state index in [1.165, 1.54) is 0 Å². The van der Waals surface area contributed by atoms with Crippen molar-refractivity contribution in [2.45, 2.75) is 19.4 Å². The third-order valence-corrected chi connectivity index (χ3v) is 2.30. The van der Waals surface area contributed by atoms with Crippen LogP contribution in [0.25, 0.3) is 0 Å². The molecule has 0 radical (unpaired) electrons. The standard InChI is InChI=1S/C11H11F2N3O2/c1-18-10(17)3-8-7(11(12)13)2-6(4-14)9(5-15)16-8/h2,11H,3,5,15H2,1H3. The summed E-state index contributed by atoms with van der Waals surface area (Å²) < 4.78 is 30.0. The summed E-state index contributed by atoms with van der Waals surface area (Å²) in [4.78, 5) is 14.9. The van der Waals surface area contributed by atoms with Crippen molar-refractivity contribution < 1.29 is 18.3 Å². The van der Waals surface area contributed by atoms with Gasteiger partial charge in [-0.25, -0.2) is 8.78 Å². The van der Waals surface area contributed by atoms with Crippen molar-refractivity contribution in [2.75, 3.05) is 7.11 Å². The van der Waals surface area contributed by atoms with Gasteiger partial charge in [0.2, 0.25) is 0 Å². The molecule has 2 N–H and O–H groups in total. The fourth-order valence-corrected chi connectivity index (χ4v) is 1.40. The maximum atomic E-state index is 12.8. The Labute approximate surface area is 102 Å². The molecule has 96 valence electrons. The number of nitrogens with two attached hydrogens (primary N) is 1. The fraction of sp³-hybridized carbons (Fsp3) is 0.364. The molecule has 0 spiro atoms. The summed E-state index contributed by atoms with van der Waals surface area (Å²) in [5.74, 6) is -0.683. The molecule has 0 aliphatic heterocycles. The molecule has 1 rings (SSSR count). The quantitative estimate of drug-likeness (QED) is 0.813. The monoisotopic (exact) mass is 255 g/mol. The Morgan fingerprint density at radius 1 is 1.61 bits per heavy atom. The van der Waals surface area contributed by atoms with E-state index in [9.17, 15) is 13.6 Å². The smallest absolute Gasteiger partial charge is 0.311 e. The molecule has 0 fully saturated rings. The molecule has 0 aliphatic rings. The fourth-order valence-electron chi connectivity index (χ4n) is 1.40. The third-order valence-electron chi connectivity index (χ3n) is 2.30. The second-order valence-electron chi connectivity index (χ2n) is 3.39. The minimum Gasteiger partial charge on any atom is -0.469 e. The Hall–Kier alpha value is -2.07. The van der Waals surface area contributed by atoms with Gasteiger partial charge in [-0.1, -0.05) is 0 Å². The van der Waals surface area contributed by atoms with E-state index < -0.39 is 18.0 Å². The number of aromatic nitrogens is 1. The predicted octanol–water partition coefficient (Wildman–Crippen LogP) is 1.07. The number of carbonyl (C=O) groups excluding carboxylic acids is 1.